The number of esters is 1. The third kappa shape index (κ3) is 5.49. The van der Waals surface area contributed by atoms with E-state index in [1.165, 1.54) is 17.2 Å². The molecule has 0 saturated carbocycles. The molecule has 3 heterocycles. The van der Waals surface area contributed by atoms with E-state index in [2.05, 4.69) is 20.0 Å². The SMILES string of the molecule is COC(=O)[C@H](Cc1ccccc1)NP(=O)([O-])OC[C@@H]1O[C@H](n2cnc3c(N)ncnc32)[C@H](O)[C@H]1O. The van der Waals surface area contributed by atoms with E-state index in [0.717, 1.165) is 7.11 Å². The third-order valence-electron chi connectivity index (χ3n) is 5.49. The van der Waals surface area contributed by atoms with Crippen molar-refractivity contribution in [2.75, 3.05) is 19.5 Å². The van der Waals surface area contributed by atoms with Crippen LogP contribution in [0.15, 0.2) is 43.0 Å². The minimum Gasteiger partial charge on any atom is -0.766 e. The first-order chi connectivity index (χ1) is 16.7. The second-order valence-corrected chi connectivity index (χ2v) is 9.33. The second kappa shape index (κ2) is 10.3. The van der Waals surface area contributed by atoms with E-state index in [1.54, 1.807) is 30.3 Å². The zero-order chi connectivity index (χ0) is 25.2. The van der Waals surface area contributed by atoms with Crippen LogP contribution in [0.25, 0.3) is 11.2 Å². The quantitative estimate of drug-likeness (QED) is 0.200. The lowest BCUT2D eigenvalue weighted by Gasteiger charge is -2.29. The Bertz CT molecular complexity index is 1230. The van der Waals surface area contributed by atoms with Crippen LogP contribution in [0.4, 0.5) is 5.82 Å². The second-order valence-electron chi connectivity index (χ2n) is 7.82. The number of carbonyl (C=O) groups is 1. The highest BCUT2D eigenvalue weighted by Crippen LogP contribution is 2.37. The molecule has 188 valence electrons. The van der Waals surface area contributed by atoms with Crippen molar-refractivity contribution in [3.05, 3.63) is 48.5 Å². The molecule has 3 aromatic rings. The number of aromatic nitrogens is 4. The molecule has 0 radical (unpaired) electrons. The smallest absolute Gasteiger partial charge is 0.323 e. The standard InChI is InChI=1S/C20H25N6O8P/c1-32-20(29)12(7-11-5-3-2-4-6-11)25-35(30,31)33-8-13-15(27)16(28)19(34-13)26-10-24-14-17(21)22-9-23-18(14)26/h2-6,9-10,12-13,15-16,19,27-28H,7-8H2,1H3,(H2,21,22,23)(H2,25,30,31)/p-1/t12-,13-,15-,16+,19-/m0/s1. The molecule has 14 nitrogen and oxygen atoms in total. The van der Waals surface area contributed by atoms with E-state index in [0.29, 0.717) is 5.56 Å². The molecule has 5 N–H and O–H groups in total. The predicted octanol–water partition coefficient (Wildman–Crippen LogP) is -1.11. The zero-order valence-corrected chi connectivity index (χ0v) is 19.4. The van der Waals surface area contributed by atoms with Crippen molar-refractivity contribution in [1.82, 2.24) is 24.6 Å². The third-order valence-corrected chi connectivity index (χ3v) is 6.61. The summed E-state index contributed by atoms with van der Waals surface area (Å²) in [6.07, 6.45) is -2.75. The van der Waals surface area contributed by atoms with Crippen molar-refractivity contribution in [3.63, 3.8) is 0 Å². The summed E-state index contributed by atoms with van der Waals surface area (Å²) in [4.78, 5) is 36.7. The molecule has 1 aromatic carbocycles. The van der Waals surface area contributed by atoms with Gasteiger partial charge in [-0.1, -0.05) is 30.3 Å². The topological polar surface area (TPSA) is 207 Å². The molecule has 1 unspecified atom stereocenters. The lowest BCUT2D eigenvalue weighted by Crippen LogP contribution is -2.41. The van der Waals surface area contributed by atoms with Gasteiger partial charge in [0.1, 0.15) is 36.2 Å². The van der Waals surface area contributed by atoms with E-state index in [1.807, 2.05) is 0 Å². The fourth-order valence-electron chi connectivity index (χ4n) is 3.73. The van der Waals surface area contributed by atoms with Crippen LogP contribution in [0.2, 0.25) is 0 Å². The van der Waals surface area contributed by atoms with E-state index in [4.69, 9.17) is 19.7 Å². The molecule has 1 aliphatic rings. The number of benzene rings is 1. The van der Waals surface area contributed by atoms with E-state index in [-0.39, 0.29) is 23.4 Å². The Balaban J connectivity index is 1.42. The normalized spacial score (nSPS) is 24.8. The first-order valence-corrected chi connectivity index (χ1v) is 12.0. The number of nitrogen functional groups attached to an aromatic ring is 1. The maximum atomic E-state index is 12.6. The van der Waals surface area contributed by atoms with Crippen LogP contribution in [-0.2, 0) is 29.8 Å². The Hall–Kier alpha value is -2.97. The van der Waals surface area contributed by atoms with Gasteiger partial charge in [0.15, 0.2) is 17.7 Å². The highest BCUT2D eigenvalue weighted by atomic mass is 31.2. The van der Waals surface area contributed by atoms with Crippen LogP contribution < -0.4 is 15.7 Å². The first kappa shape index (κ1) is 25.1. The summed E-state index contributed by atoms with van der Waals surface area (Å²) in [5, 5.41) is 23.1. The molecule has 6 atom stereocenters. The van der Waals surface area contributed by atoms with E-state index >= 15 is 0 Å². The minimum absolute atomic E-state index is 0.0329. The number of aliphatic hydroxyl groups is 2. The number of nitrogens with zero attached hydrogens (tertiary/aromatic N) is 4. The molecule has 1 fully saturated rings. The Morgan fingerprint density at radius 1 is 1.29 bits per heavy atom. The van der Waals surface area contributed by atoms with Gasteiger partial charge in [-0.3, -0.25) is 13.9 Å². The van der Waals surface area contributed by atoms with Crippen LogP contribution in [0.3, 0.4) is 0 Å². The number of hydrogen-bond acceptors (Lipinski definition) is 12. The summed E-state index contributed by atoms with van der Waals surface area (Å²) in [5.74, 6) is -0.676. The summed E-state index contributed by atoms with van der Waals surface area (Å²) >= 11 is 0. The lowest BCUT2D eigenvalue weighted by molar-refractivity contribution is -0.207. The molecule has 2 aromatic heterocycles. The van der Waals surface area contributed by atoms with Crippen LogP contribution in [0.1, 0.15) is 11.8 Å². The summed E-state index contributed by atoms with van der Waals surface area (Å²) in [6, 6.07) is 7.52. The molecular formula is C20H24N6O8P-. The fourth-order valence-corrected chi connectivity index (χ4v) is 4.72. The molecule has 15 heteroatoms. The number of methoxy groups -OCH3 is 1. The summed E-state index contributed by atoms with van der Waals surface area (Å²) in [7, 11) is -3.67. The van der Waals surface area contributed by atoms with Gasteiger partial charge in [-0.05, 0) is 12.0 Å². The number of nitrogens with two attached hydrogens (primary N) is 1. The van der Waals surface area contributed by atoms with Gasteiger partial charge in [-0.15, -0.1) is 0 Å². The van der Waals surface area contributed by atoms with Gasteiger partial charge in [0.2, 0.25) is 7.75 Å². The van der Waals surface area contributed by atoms with Crippen molar-refractivity contribution in [2.24, 2.45) is 0 Å². The van der Waals surface area contributed by atoms with Crippen molar-refractivity contribution in [1.29, 1.82) is 0 Å². The Labute approximate surface area is 199 Å². The molecule has 0 spiro atoms. The number of nitrogens with one attached hydrogen (secondary N) is 1. The average Bonchev–Trinajstić information content (AvgIpc) is 3.39. The monoisotopic (exact) mass is 507 g/mol. The largest absolute Gasteiger partial charge is 0.766 e. The molecule has 4 rings (SSSR count). The van der Waals surface area contributed by atoms with Gasteiger partial charge in [-0.25, -0.2) is 20.0 Å². The first-order valence-electron chi connectivity index (χ1n) is 10.5. The van der Waals surface area contributed by atoms with Gasteiger partial charge in [0, 0.05) is 0 Å². The van der Waals surface area contributed by atoms with Crippen LogP contribution >= 0.6 is 7.75 Å². The highest BCUT2D eigenvalue weighted by molar-refractivity contribution is 7.49. The van der Waals surface area contributed by atoms with Crippen molar-refractivity contribution >= 4 is 30.7 Å². The highest BCUT2D eigenvalue weighted by Gasteiger charge is 2.45. The molecular weight excluding hydrogens is 483 g/mol. The van der Waals surface area contributed by atoms with Gasteiger partial charge < -0.3 is 34.8 Å². The number of aliphatic hydroxyl groups excluding tert-OH is 2. The minimum atomic E-state index is -4.81. The van der Waals surface area contributed by atoms with E-state index < -0.39 is 50.9 Å². The van der Waals surface area contributed by atoms with Crippen molar-refractivity contribution < 1.29 is 38.5 Å². The number of rotatable bonds is 9. The van der Waals surface area contributed by atoms with Gasteiger partial charge in [-0.2, -0.15) is 0 Å². The Morgan fingerprint density at radius 2 is 2.03 bits per heavy atom. The predicted molar refractivity (Wildman–Crippen MR) is 118 cm³/mol. The summed E-state index contributed by atoms with van der Waals surface area (Å²) in [5.41, 5.74) is 7.00. The number of anilines is 1. The van der Waals surface area contributed by atoms with Gasteiger partial charge >= 0.3 is 5.97 Å². The number of ether oxygens (including phenoxy) is 2. The zero-order valence-electron chi connectivity index (χ0n) is 18.5. The van der Waals surface area contributed by atoms with E-state index in [9.17, 15) is 24.5 Å². The van der Waals surface area contributed by atoms with Gasteiger partial charge in [0.05, 0.1) is 20.0 Å². The lowest BCUT2D eigenvalue weighted by atomic mass is 10.1. The molecule has 1 saturated heterocycles. The number of hydrogen-bond donors (Lipinski definition) is 4. The fraction of sp³-hybridized carbons (Fsp3) is 0.400. The summed E-state index contributed by atoms with van der Waals surface area (Å²) in [6.45, 7) is -0.633. The van der Waals surface area contributed by atoms with Gasteiger partial charge in [0.25, 0.3) is 0 Å². The number of fused-ring (bicyclic) bond motifs is 1. The Morgan fingerprint density at radius 3 is 2.74 bits per heavy atom. The molecule has 0 amide bonds. The van der Waals surface area contributed by atoms with Crippen LogP contribution in [0.5, 0.6) is 0 Å². The number of imidazole rings is 1. The average molecular weight is 507 g/mol. The van der Waals surface area contributed by atoms with Crippen molar-refractivity contribution in [3.8, 4) is 0 Å². The van der Waals surface area contributed by atoms with Crippen LogP contribution in [0, 0.1) is 0 Å². The molecule has 1 aliphatic heterocycles. The summed E-state index contributed by atoms with van der Waals surface area (Å²) < 4.78 is 29.2. The van der Waals surface area contributed by atoms with Crippen LogP contribution in [-0.4, -0.2) is 73.8 Å². The molecule has 35 heavy (non-hydrogen) atoms. The maximum Gasteiger partial charge on any atom is 0.323 e. The molecule has 0 aliphatic carbocycles. The number of carbonyl (C=O) groups excluding carboxylic acids is 1. The Kier molecular flexibility index (Phi) is 7.42. The maximum absolute atomic E-state index is 12.6. The van der Waals surface area contributed by atoms with Crippen molar-refractivity contribution in [2.45, 2.75) is 37.0 Å². The molecule has 0 bridgehead atoms.